The summed E-state index contributed by atoms with van der Waals surface area (Å²) in [6, 6.07) is 4.07. The van der Waals surface area contributed by atoms with E-state index in [-0.39, 0.29) is 40.8 Å². The van der Waals surface area contributed by atoms with Gasteiger partial charge in [0.05, 0.1) is 38.6 Å². The number of alkyl halides is 2. The van der Waals surface area contributed by atoms with E-state index in [1.54, 1.807) is 6.20 Å². The summed E-state index contributed by atoms with van der Waals surface area (Å²) in [4.78, 5) is 15.7. The van der Waals surface area contributed by atoms with Crippen molar-refractivity contribution in [1.82, 2.24) is 14.8 Å². The minimum atomic E-state index is -2.83. The lowest BCUT2D eigenvalue weighted by Gasteiger charge is -2.27. The Morgan fingerprint density at radius 1 is 1.20 bits per heavy atom. The van der Waals surface area contributed by atoms with Crippen LogP contribution in [0, 0.1) is 0 Å². The van der Waals surface area contributed by atoms with Crippen molar-refractivity contribution in [2.45, 2.75) is 57.0 Å². The number of aliphatic hydroxyl groups excluding tert-OH is 1. The van der Waals surface area contributed by atoms with Crippen LogP contribution >= 0.6 is 0 Å². The normalized spacial score (nSPS) is 16.1. The first-order valence-corrected chi connectivity index (χ1v) is 11.2. The molecule has 188 valence electrons. The highest BCUT2D eigenvalue weighted by Crippen LogP contribution is 2.40. The highest BCUT2D eigenvalue weighted by Gasteiger charge is 2.31. The molecule has 1 aromatic carbocycles. The van der Waals surface area contributed by atoms with Crippen LogP contribution in [-0.4, -0.2) is 57.4 Å². The number of benzene rings is 1. The maximum atomic E-state index is 13.6. The second kappa shape index (κ2) is 10.5. The molecule has 2 heterocycles. The number of aromatic carboxylic acids is 1. The van der Waals surface area contributed by atoms with Crippen LogP contribution in [0.2, 0.25) is 0 Å². The molecule has 0 unspecified atom stereocenters. The van der Waals surface area contributed by atoms with Crippen LogP contribution in [0.25, 0.3) is 11.0 Å². The van der Waals surface area contributed by atoms with E-state index in [1.807, 2.05) is 0 Å². The van der Waals surface area contributed by atoms with Crippen molar-refractivity contribution in [1.29, 1.82) is 0 Å². The van der Waals surface area contributed by atoms with Gasteiger partial charge >= 0.3 is 5.97 Å². The minimum absolute atomic E-state index is 0.0135. The number of nitrogens with zero attached hydrogens (tertiary/aromatic N) is 3. The Bertz CT molecular complexity index is 1170. The number of carboxylic acids is 1. The van der Waals surface area contributed by atoms with Crippen LogP contribution in [0.5, 0.6) is 11.5 Å². The average molecular weight is 491 g/mol. The molecule has 0 spiro atoms. The summed E-state index contributed by atoms with van der Waals surface area (Å²) in [5.41, 5.74) is 0.513. The molecule has 0 saturated heterocycles. The number of pyridine rings is 1. The Labute approximate surface area is 200 Å². The number of fused-ring (bicyclic) bond motifs is 1. The summed E-state index contributed by atoms with van der Waals surface area (Å²) in [5.74, 6) is -1.33. The van der Waals surface area contributed by atoms with Gasteiger partial charge in [0.25, 0.3) is 6.43 Å². The Morgan fingerprint density at radius 3 is 2.43 bits per heavy atom. The number of hydrogen-bond donors (Lipinski definition) is 2. The van der Waals surface area contributed by atoms with Crippen LogP contribution in [0.1, 0.15) is 59.7 Å². The van der Waals surface area contributed by atoms with Crippen LogP contribution in [0.3, 0.4) is 0 Å². The monoisotopic (exact) mass is 491 g/mol. The third-order valence-corrected chi connectivity index (χ3v) is 6.20. The molecule has 0 aliphatic heterocycles. The molecule has 2 atom stereocenters. The van der Waals surface area contributed by atoms with E-state index in [1.165, 1.54) is 43.3 Å². The predicted molar refractivity (Wildman–Crippen MR) is 121 cm³/mol. The molecule has 1 fully saturated rings. The Morgan fingerprint density at radius 2 is 1.86 bits per heavy atom. The fourth-order valence-electron chi connectivity index (χ4n) is 4.47. The zero-order chi connectivity index (χ0) is 25.1. The van der Waals surface area contributed by atoms with Crippen LogP contribution < -0.4 is 9.47 Å². The summed E-state index contributed by atoms with van der Waals surface area (Å²) in [7, 11) is 2.54. The molecular weight excluding hydrogens is 464 g/mol. The first-order valence-electron chi connectivity index (χ1n) is 11.2. The van der Waals surface area contributed by atoms with Crippen molar-refractivity contribution in [2.24, 2.45) is 0 Å². The van der Waals surface area contributed by atoms with Gasteiger partial charge in [-0.25, -0.2) is 13.6 Å². The molecule has 9 nitrogen and oxygen atoms in total. The maximum Gasteiger partial charge on any atom is 0.338 e. The fraction of sp³-hybridized carbons (Fsp3) is 0.458. The first kappa shape index (κ1) is 24.8. The molecule has 1 aliphatic rings. The molecule has 1 saturated carbocycles. The Balaban J connectivity index is 1.69. The second-order valence-electron chi connectivity index (χ2n) is 8.41. The summed E-state index contributed by atoms with van der Waals surface area (Å²) >= 11 is 0. The van der Waals surface area contributed by atoms with Gasteiger partial charge in [-0.2, -0.15) is 5.10 Å². The largest absolute Gasteiger partial charge is 0.496 e. The van der Waals surface area contributed by atoms with Crippen LogP contribution in [-0.2, 0) is 11.3 Å². The molecule has 35 heavy (non-hydrogen) atoms. The zero-order valence-corrected chi connectivity index (χ0v) is 19.4. The van der Waals surface area contributed by atoms with E-state index in [4.69, 9.17) is 14.2 Å². The van der Waals surface area contributed by atoms with Gasteiger partial charge in [-0.1, -0.05) is 12.8 Å². The second-order valence-corrected chi connectivity index (χ2v) is 8.41. The predicted octanol–water partition coefficient (Wildman–Crippen LogP) is 4.15. The van der Waals surface area contributed by atoms with Gasteiger partial charge in [0.1, 0.15) is 40.3 Å². The zero-order valence-electron chi connectivity index (χ0n) is 19.4. The molecule has 0 bridgehead atoms. The average Bonchev–Trinajstić information content (AvgIpc) is 3.51. The number of carboxylic acid groups (broad SMARTS) is 1. The standard InChI is InChI=1S/C24H27F2N3O6/c1-33-17-9-13(10-18(34-2)20(17)23(25)26)22(30)19(35-14-5-3-4-6-14)12-29-11-16-21(28-29)15(24(31)32)7-8-27-16/h7-11,14,19,22-23,30H,3-6,12H2,1-2H3,(H,31,32)/t19-,22+/m0/s1. The summed E-state index contributed by atoms with van der Waals surface area (Å²) in [5, 5.41) is 25.1. The van der Waals surface area contributed by atoms with E-state index in [0.29, 0.717) is 5.52 Å². The lowest BCUT2D eigenvalue weighted by Crippen LogP contribution is -2.31. The minimum Gasteiger partial charge on any atom is -0.496 e. The van der Waals surface area contributed by atoms with Crippen molar-refractivity contribution in [3.05, 3.63) is 47.3 Å². The van der Waals surface area contributed by atoms with Crippen LogP contribution in [0.15, 0.2) is 30.6 Å². The number of aromatic nitrogens is 3. The molecule has 11 heteroatoms. The number of ether oxygens (including phenoxy) is 3. The maximum absolute atomic E-state index is 13.6. The molecular formula is C24H27F2N3O6. The molecule has 2 N–H and O–H groups in total. The van der Waals surface area contributed by atoms with Gasteiger partial charge in [-0.05, 0) is 36.6 Å². The van der Waals surface area contributed by atoms with Crippen LogP contribution in [0.4, 0.5) is 8.78 Å². The molecule has 0 radical (unpaired) electrons. The molecule has 2 aromatic heterocycles. The van der Waals surface area contributed by atoms with Gasteiger partial charge in [-0.3, -0.25) is 9.67 Å². The first-order chi connectivity index (χ1) is 16.8. The lowest BCUT2D eigenvalue weighted by atomic mass is 10.00. The molecule has 1 aliphatic carbocycles. The highest BCUT2D eigenvalue weighted by molar-refractivity contribution is 6.00. The van der Waals surface area contributed by atoms with Crippen molar-refractivity contribution in [3.63, 3.8) is 0 Å². The van der Waals surface area contributed by atoms with Crippen molar-refractivity contribution >= 4 is 17.0 Å². The summed E-state index contributed by atoms with van der Waals surface area (Å²) in [6.45, 7) is 0.0777. The fourth-order valence-corrected chi connectivity index (χ4v) is 4.47. The van der Waals surface area contributed by atoms with Gasteiger partial charge in [0, 0.05) is 6.20 Å². The number of aliphatic hydroxyl groups is 1. The summed E-state index contributed by atoms with van der Waals surface area (Å²) in [6.07, 6.45) is 1.73. The van der Waals surface area contributed by atoms with E-state index >= 15 is 0 Å². The van der Waals surface area contributed by atoms with E-state index in [9.17, 15) is 23.8 Å². The van der Waals surface area contributed by atoms with E-state index < -0.39 is 30.2 Å². The van der Waals surface area contributed by atoms with Gasteiger partial charge in [0.15, 0.2) is 0 Å². The van der Waals surface area contributed by atoms with Gasteiger partial charge in [-0.15, -0.1) is 0 Å². The number of halogens is 2. The molecule has 4 rings (SSSR count). The van der Waals surface area contributed by atoms with Gasteiger partial charge < -0.3 is 24.4 Å². The van der Waals surface area contributed by atoms with E-state index in [0.717, 1.165) is 25.7 Å². The highest BCUT2D eigenvalue weighted by atomic mass is 19.3. The third kappa shape index (κ3) is 5.20. The third-order valence-electron chi connectivity index (χ3n) is 6.20. The SMILES string of the molecule is COc1cc([C@@H](O)[C@H](Cn2cc3nccc(C(=O)O)c3n2)OC2CCCC2)cc(OC)c1C(F)F. The summed E-state index contributed by atoms with van der Waals surface area (Å²) < 4.78 is 45.2. The van der Waals surface area contributed by atoms with Crippen molar-refractivity contribution in [3.8, 4) is 11.5 Å². The number of hydrogen-bond acceptors (Lipinski definition) is 7. The topological polar surface area (TPSA) is 116 Å². The Hall–Kier alpha value is -3.31. The lowest BCUT2D eigenvalue weighted by molar-refractivity contribution is -0.0845. The van der Waals surface area contributed by atoms with Crippen molar-refractivity contribution < 1.29 is 38.0 Å². The van der Waals surface area contributed by atoms with Crippen molar-refractivity contribution in [2.75, 3.05) is 14.2 Å². The smallest absolute Gasteiger partial charge is 0.338 e. The van der Waals surface area contributed by atoms with E-state index in [2.05, 4.69) is 10.1 Å². The molecule has 0 amide bonds. The Kier molecular flexibility index (Phi) is 7.46. The van der Waals surface area contributed by atoms with Gasteiger partial charge in [0.2, 0.25) is 0 Å². The number of methoxy groups -OCH3 is 2. The molecule has 3 aromatic rings. The number of rotatable bonds is 10. The number of carbonyl (C=O) groups is 1. The quantitative estimate of drug-likeness (QED) is 0.435.